The normalized spacial score (nSPS) is 14.7. The number of carbonyl (C=O) groups excluding carboxylic acids is 1. The average Bonchev–Trinajstić information content (AvgIpc) is 3.30. The van der Waals surface area contributed by atoms with Gasteiger partial charge in [0.2, 0.25) is 5.95 Å². The highest BCUT2D eigenvalue weighted by molar-refractivity contribution is 6.03. The van der Waals surface area contributed by atoms with Crippen molar-refractivity contribution in [2.75, 3.05) is 33.3 Å². The van der Waals surface area contributed by atoms with Gasteiger partial charge in [-0.15, -0.1) is 0 Å². The van der Waals surface area contributed by atoms with Crippen molar-refractivity contribution >= 4 is 28.6 Å². The number of rotatable bonds is 7. The van der Waals surface area contributed by atoms with Crippen LogP contribution in [0.1, 0.15) is 24.1 Å². The van der Waals surface area contributed by atoms with E-state index in [1.54, 1.807) is 28.3 Å². The summed E-state index contributed by atoms with van der Waals surface area (Å²) < 4.78 is 24.3. The summed E-state index contributed by atoms with van der Waals surface area (Å²) in [4.78, 5) is 18.5. The molecule has 1 N–H and O–H groups in total. The molecule has 1 aliphatic heterocycles. The van der Waals surface area contributed by atoms with Crippen LogP contribution >= 0.6 is 0 Å². The molecule has 2 heterocycles. The molecule has 0 radical (unpaired) electrons. The van der Waals surface area contributed by atoms with E-state index in [-0.39, 0.29) is 6.61 Å². The molecule has 36 heavy (non-hydrogen) atoms. The molecule has 3 aromatic carbocycles. The lowest BCUT2D eigenvalue weighted by molar-refractivity contribution is -0.138. The maximum absolute atomic E-state index is 13.7. The molecule has 8 nitrogen and oxygen atoms in total. The molecule has 0 spiro atoms. The van der Waals surface area contributed by atoms with Crippen LogP contribution < -0.4 is 19.5 Å². The van der Waals surface area contributed by atoms with Gasteiger partial charge in [-0.2, -0.15) is 0 Å². The molecule has 0 fully saturated rings. The molecule has 0 saturated heterocycles. The summed E-state index contributed by atoms with van der Waals surface area (Å²) in [7, 11) is 4.80. The maximum Gasteiger partial charge on any atom is 0.338 e. The van der Waals surface area contributed by atoms with Crippen LogP contribution in [0.25, 0.3) is 16.7 Å². The van der Waals surface area contributed by atoms with Crippen LogP contribution in [-0.2, 0) is 9.53 Å². The Kier molecular flexibility index (Phi) is 6.25. The van der Waals surface area contributed by atoms with Gasteiger partial charge in [-0.25, -0.2) is 9.78 Å². The highest BCUT2D eigenvalue weighted by Crippen LogP contribution is 2.46. The van der Waals surface area contributed by atoms with Crippen molar-refractivity contribution in [3.05, 3.63) is 83.4 Å². The first kappa shape index (κ1) is 23.3. The standard InChI is InChI=1S/C28H27N3O5/c1-5-36-27(32)23-24(17-13-15-18(33-2)16-14-17)30-28-29-20-10-6-7-11-21(20)31(28)25(23)19-9-8-12-22(34-3)26(19)35-4/h6-16,25H,5H2,1-4H3,(H,29,30)/t25-/m1/s1. The number of imidazole rings is 1. The molecular weight excluding hydrogens is 458 g/mol. The van der Waals surface area contributed by atoms with Crippen LogP contribution in [0.15, 0.2) is 72.3 Å². The number of para-hydroxylation sites is 3. The van der Waals surface area contributed by atoms with Crippen molar-refractivity contribution in [1.29, 1.82) is 0 Å². The number of hydrogen-bond donors (Lipinski definition) is 1. The third kappa shape index (κ3) is 3.80. The van der Waals surface area contributed by atoms with Crippen molar-refractivity contribution in [2.24, 2.45) is 0 Å². The summed E-state index contributed by atoms with van der Waals surface area (Å²) in [6.45, 7) is 2.03. The Balaban J connectivity index is 1.85. The fraction of sp³-hybridized carbons (Fsp3) is 0.214. The predicted molar refractivity (Wildman–Crippen MR) is 138 cm³/mol. The molecule has 1 aliphatic rings. The Hall–Kier alpha value is -4.46. The lowest BCUT2D eigenvalue weighted by Gasteiger charge is -2.32. The van der Waals surface area contributed by atoms with Gasteiger partial charge in [-0.05, 0) is 55.0 Å². The van der Waals surface area contributed by atoms with E-state index in [1.807, 2.05) is 71.3 Å². The van der Waals surface area contributed by atoms with E-state index >= 15 is 0 Å². The SMILES string of the molecule is CCOC(=O)C1=C(c2ccc(OC)cc2)Nc2nc3ccccc3n2[C@@H]1c1cccc(OC)c1OC. The lowest BCUT2D eigenvalue weighted by atomic mass is 9.91. The molecule has 1 aromatic heterocycles. The Labute approximate surface area is 209 Å². The molecule has 5 rings (SSSR count). The first-order valence-corrected chi connectivity index (χ1v) is 11.6. The van der Waals surface area contributed by atoms with Gasteiger partial charge in [-0.1, -0.05) is 24.3 Å². The van der Waals surface area contributed by atoms with Crippen LogP contribution in [0.5, 0.6) is 17.2 Å². The Morgan fingerprint density at radius 3 is 2.42 bits per heavy atom. The molecule has 8 heteroatoms. The van der Waals surface area contributed by atoms with E-state index in [0.717, 1.165) is 22.2 Å². The van der Waals surface area contributed by atoms with Gasteiger partial charge in [0, 0.05) is 5.56 Å². The number of benzene rings is 3. The first-order chi connectivity index (χ1) is 17.6. The van der Waals surface area contributed by atoms with E-state index < -0.39 is 12.0 Å². The van der Waals surface area contributed by atoms with E-state index in [0.29, 0.717) is 34.5 Å². The summed E-state index contributed by atoms with van der Waals surface area (Å²) in [6.07, 6.45) is 0. The Morgan fingerprint density at radius 1 is 0.944 bits per heavy atom. The van der Waals surface area contributed by atoms with E-state index in [2.05, 4.69) is 5.32 Å². The Bertz CT molecular complexity index is 1460. The van der Waals surface area contributed by atoms with Crippen molar-refractivity contribution in [3.8, 4) is 17.2 Å². The maximum atomic E-state index is 13.7. The number of carbonyl (C=O) groups is 1. The number of ether oxygens (including phenoxy) is 4. The first-order valence-electron chi connectivity index (χ1n) is 11.6. The lowest BCUT2D eigenvalue weighted by Crippen LogP contribution is -2.29. The number of fused-ring (bicyclic) bond motifs is 3. The van der Waals surface area contributed by atoms with Crippen LogP contribution in [0.3, 0.4) is 0 Å². The number of anilines is 1. The summed E-state index contributed by atoms with van der Waals surface area (Å²) in [5, 5.41) is 3.41. The van der Waals surface area contributed by atoms with Crippen molar-refractivity contribution in [1.82, 2.24) is 9.55 Å². The van der Waals surface area contributed by atoms with Gasteiger partial charge < -0.3 is 24.3 Å². The number of methoxy groups -OCH3 is 3. The quantitative estimate of drug-likeness (QED) is 0.367. The molecule has 0 saturated carbocycles. The molecular formula is C28H27N3O5. The number of hydrogen-bond acceptors (Lipinski definition) is 7. The molecule has 0 aliphatic carbocycles. The second-order valence-electron chi connectivity index (χ2n) is 8.14. The average molecular weight is 486 g/mol. The third-order valence-corrected chi connectivity index (χ3v) is 6.24. The smallest absolute Gasteiger partial charge is 0.338 e. The van der Waals surface area contributed by atoms with Crippen LogP contribution in [0.4, 0.5) is 5.95 Å². The van der Waals surface area contributed by atoms with Crippen LogP contribution in [0, 0.1) is 0 Å². The third-order valence-electron chi connectivity index (χ3n) is 6.24. The van der Waals surface area contributed by atoms with Crippen LogP contribution in [0.2, 0.25) is 0 Å². The zero-order valence-corrected chi connectivity index (χ0v) is 20.6. The summed E-state index contributed by atoms with van der Waals surface area (Å²) in [5.74, 6) is 1.98. The summed E-state index contributed by atoms with van der Waals surface area (Å²) in [5.41, 5.74) is 4.25. The summed E-state index contributed by atoms with van der Waals surface area (Å²) in [6, 6.07) is 20.4. The van der Waals surface area contributed by atoms with Gasteiger partial charge in [0.1, 0.15) is 11.8 Å². The minimum Gasteiger partial charge on any atom is -0.497 e. The van der Waals surface area contributed by atoms with Crippen molar-refractivity contribution < 1.29 is 23.7 Å². The second-order valence-corrected chi connectivity index (χ2v) is 8.14. The zero-order valence-electron chi connectivity index (χ0n) is 20.6. The molecule has 0 bridgehead atoms. The monoisotopic (exact) mass is 485 g/mol. The number of nitrogens with zero attached hydrogens (tertiary/aromatic N) is 2. The molecule has 0 amide bonds. The highest BCUT2D eigenvalue weighted by Gasteiger charge is 2.38. The zero-order chi connectivity index (χ0) is 25.2. The molecule has 0 unspecified atom stereocenters. The number of aromatic nitrogens is 2. The second kappa shape index (κ2) is 9.65. The summed E-state index contributed by atoms with van der Waals surface area (Å²) >= 11 is 0. The van der Waals surface area contributed by atoms with Gasteiger partial charge in [0.05, 0.1) is 50.2 Å². The molecule has 184 valence electrons. The molecule has 4 aromatic rings. The minimum atomic E-state index is -0.602. The number of nitrogens with one attached hydrogen (secondary N) is 1. The molecule has 1 atom stereocenters. The van der Waals surface area contributed by atoms with Gasteiger partial charge in [0.25, 0.3) is 0 Å². The van der Waals surface area contributed by atoms with E-state index in [4.69, 9.17) is 23.9 Å². The van der Waals surface area contributed by atoms with Gasteiger partial charge in [0.15, 0.2) is 11.5 Å². The van der Waals surface area contributed by atoms with E-state index in [9.17, 15) is 4.79 Å². The number of esters is 1. The van der Waals surface area contributed by atoms with Crippen molar-refractivity contribution in [3.63, 3.8) is 0 Å². The highest BCUT2D eigenvalue weighted by atomic mass is 16.5. The Morgan fingerprint density at radius 2 is 1.72 bits per heavy atom. The minimum absolute atomic E-state index is 0.234. The predicted octanol–water partition coefficient (Wildman–Crippen LogP) is 5.05. The van der Waals surface area contributed by atoms with Crippen LogP contribution in [-0.4, -0.2) is 43.5 Å². The van der Waals surface area contributed by atoms with Gasteiger partial charge in [-0.3, -0.25) is 4.57 Å². The largest absolute Gasteiger partial charge is 0.497 e. The van der Waals surface area contributed by atoms with Crippen molar-refractivity contribution in [2.45, 2.75) is 13.0 Å². The fourth-order valence-electron chi connectivity index (χ4n) is 4.67. The van der Waals surface area contributed by atoms with Gasteiger partial charge >= 0.3 is 5.97 Å². The van der Waals surface area contributed by atoms with E-state index in [1.165, 1.54) is 0 Å². The topological polar surface area (TPSA) is 83.8 Å². The fourth-order valence-corrected chi connectivity index (χ4v) is 4.67.